The molecule has 10 heteroatoms. The van der Waals surface area contributed by atoms with E-state index in [1.54, 1.807) is 18.3 Å². The topological polar surface area (TPSA) is 109 Å². The molecule has 2 aromatic carbocycles. The van der Waals surface area contributed by atoms with Crippen molar-refractivity contribution in [1.29, 1.82) is 0 Å². The number of ether oxygens (including phenoxy) is 3. The van der Waals surface area contributed by atoms with Crippen molar-refractivity contribution >= 4 is 33.5 Å². The molecule has 0 aliphatic carbocycles. The number of benzene rings is 2. The minimum Gasteiger partial charge on any atom is -0.496 e. The van der Waals surface area contributed by atoms with E-state index in [1.807, 2.05) is 28.8 Å². The Morgan fingerprint density at radius 2 is 1.92 bits per heavy atom. The van der Waals surface area contributed by atoms with Crippen molar-refractivity contribution in [3.8, 4) is 5.75 Å². The second-order valence-corrected chi connectivity index (χ2v) is 8.53. The molecule has 0 bridgehead atoms. The molecule has 0 saturated carbocycles. The third-order valence-electron chi connectivity index (χ3n) is 6.42. The van der Waals surface area contributed by atoms with Crippen molar-refractivity contribution < 1.29 is 23.9 Å². The summed E-state index contributed by atoms with van der Waals surface area (Å²) >= 11 is 0. The van der Waals surface area contributed by atoms with Crippen molar-refractivity contribution in [1.82, 2.24) is 14.5 Å². The largest absolute Gasteiger partial charge is 0.496 e. The number of fused-ring (bicyclic) bond motifs is 3. The van der Waals surface area contributed by atoms with Crippen LogP contribution in [0.3, 0.4) is 0 Å². The van der Waals surface area contributed by atoms with Gasteiger partial charge in [-0.25, -0.2) is 9.78 Å². The van der Waals surface area contributed by atoms with E-state index in [-0.39, 0.29) is 18.0 Å². The Kier molecular flexibility index (Phi) is 6.79. The van der Waals surface area contributed by atoms with E-state index in [0.29, 0.717) is 37.6 Å². The van der Waals surface area contributed by atoms with Gasteiger partial charge in [-0.2, -0.15) is 0 Å². The van der Waals surface area contributed by atoms with Gasteiger partial charge in [-0.3, -0.25) is 15.0 Å². The molecule has 3 heterocycles. The van der Waals surface area contributed by atoms with Gasteiger partial charge in [0.15, 0.2) is 0 Å². The Balaban J connectivity index is 1.45. The number of methoxy groups -OCH3 is 1. The molecule has 5 rings (SSSR count). The van der Waals surface area contributed by atoms with Crippen LogP contribution in [0.2, 0.25) is 0 Å². The lowest BCUT2D eigenvalue weighted by Gasteiger charge is -2.26. The number of non-ortho nitro benzene ring substituents is 1. The number of hydrogen-bond donors (Lipinski definition) is 0. The van der Waals surface area contributed by atoms with E-state index in [0.717, 1.165) is 34.9 Å². The molecule has 0 spiro atoms. The molecular formula is C26H26N4O6. The third kappa shape index (κ3) is 4.73. The smallest absolute Gasteiger partial charge is 0.356 e. The number of morpholine rings is 1. The number of carbonyl (C=O) groups is 1. The lowest BCUT2D eigenvalue weighted by Crippen LogP contribution is -2.38. The van der Waals surface area contributed by atoms with E-state index < -0.39 is 10.9 Å². The van der Waals surface area contributed by atoms with Gasteiger partial charge in [0.25, 0.3) is 5.69 Å². The molecule has 0 atom stereocenters. The predicted octanol–water partition coefficient (Wildman–Crippen LogP) is 3.64. The SMILES string of the molecule is COc1ccc([N+](=O)[O-])cc1Cn1c2ccccc2c2cc(C(=O)OCCN3CCOCC3)ncc21. The second-order valence-electron chi connectivity index (χ2n) is 8.53. The van der Waals surface area contributed by atoms with Crippen LogP contribution in [0, 0.1) is 10.1 Å². The van der Waals surface area contributed by atoms with Crippen molar-refractivity contribution in [3.63, 3.8) is 0 Å². The first-order chi connectivity index (χ1) is 17.5. The van der Waals surface area contributed by atoms with Crippen LogP contribution in [0.5, 0.6) is 5.75 Å². The summed E-state index contributed by atoms with van der Waals surface area (Å²) in [5.41, 5.74) is 2.61. The van der Waals surface area contributed by atoms with E-state index in [9.17, 15) is 14.9 Å². The molecule has 36 heavy (non-hydrogen) atoms. The molecule has 1 aliphatic heterocycles. The molecule has 186 valence electrons. The molecule has 4 aromatic rings. The summed E-state index contributed by atoms with van der Waals surface area (Å²) in [6, 6.07) is 14.1. The van der Waals surface area contributed by atoms with E-state index in [2.05, 4.69) is 9.88 Å². The first-order valence-electron chi connectivity index (χ1n) is 11.7. The minimum absolute atomic E-state index is 0.00759. The maximum atomic E-state index is 12.7. The van der Waals surface area contributed by atoms with Gasteiger partial charge in [0.05, 0.1) is 43.5 Å². The number of nitro benzene ring substituents is 1. The molecule has 2 aromatic heterocycles. The van der Waals surface area contributed by atoms with Crippen molar-refractivity contribution in [2.75, 3.05) is 46.6 Å². The maximum absolute atomic E-state index is 12.7. The van der Waals surface area contributed by atoms with Gasteiger partial charge in [0, 0.05) is 53.6 Å². The Labute approximate surface area is 207 Å². The minimum atomic E-state index is -0.470. The van der Waals surface area contributed by atoms with Gasteiger partial charge in [0.2, 0.25) is 0 Å². The fraction of sp³-hybridized carbons (Fsp3) is 0.308. The van der Waals surface area contributed by atoms with Crippen LogP contribution in [0.4, 0.5) is 5.69 Å². The molecule has 0 N–H and O–H groups in total. The Morgan fingerprint density at radius 3 is 2.69 bits per heavy atom. The van der Waals surface area contributed by atoms with Crippen LogP contribution in [-0.2, 0) is 16.0 Å². The standard InChI is InChI=1S/C26H26N4O6/c1-34-25-7-6-19(30(32)33)14-18(25)17-29-23-5-3-2-4-20(23)21-15-22(27-16-24(21)29)26(31)36-13-10-28-8-11-35-12-9-28/h2-7,14-16H,8-13,17H2,1H3. The van der Waals surface area contributed by atoms with Crippen LogP contribution >= 0.6 is 0 Å². The van der Waals surface area contributed by atoms with Gasteiger partial charge in [-0.1, -0.05) is 18.2 Å². The Morgan fingerprint density at radius 1 is 1.11 bits per heavy atom. The van der Waals surface area contributed by atoms with Crippen LogP contribution < -0.4 is 4.74 Å². The number of nitro groups is 1. The highest BCUT2D eigenvalue weighted by atomic mass is 16.6. The highest BCUT2D eigenvalue weighted by Crippen LogP contribution is 2.32. The fourth-order valence-corrected chi connectivity index (χ4v) is 4.57. The lowest BCUT2D eigenvalue weighted by atomic mass is 10.1. The quantitative estimate of drug-likeness (QED) is 0.209. The van der Waals surface area contributed by atoms with Gasteiger partial charge in [-0.15, -0.1) is 0 Å². The van der Waals surface area contributed by atoms with Gasteiger partial charge in [0.1, 0.15) is 18.1 Å². The van der Waals surface area contributed by atoms with Crippen LogP contribution in [0.15, 0.2) is 54.7 Å². The zero-order chi connectivity index (χ0) is 25.1. The number of aromatic nitrogens is 2. The Hall–Kier alpha value is -4.02. The highest BCUT2D eigenvalue weighted by Gasteiger charge is 2.19. The zero-order valence-electron chi connectivity index (χ0n) is 19.9. The van der Waals surface area contributed by atoms with Crippen molar-refractivity contribution in [2.45, 2.75) is 6.54 Å². The average molecular weight is 491 g/mol. The predicted molar refractivity (Wildman–Crippen MR) is 134 cm³/mol. The van der Waals surface area contributed by atoms with Crippen molar-refractivity contribution in [2.24, 2.45) is 0 Å². The number of para-hydroxylation sites is 1. The number of nitrogens with zero attached hydrogens (tertiary/aromatic N) is 4. The maximum Gasteiger partial charge on any atom is 0.356 e. The summed E-state index contributed by atoms with van der Waals surface area (Å²) < 4.78 is 18.3. The van der Waals surface area contributed by atoms with E-state index >= 15 is 0 Å². The summed E-state index contributed by atoms with van der Waals surface area (Å²) in [6.45, 7) is 4.32. The van der Waals surface area contributed by atoms with Gasteiger partial charge >= 0.3 is 5.97 Å². The number of esters is 1. The average Bonchev–Trinajstić information content (AvgIpc) is 3.22. The van der Waals surface area contributed by atoms with E-state index in [4.69, 9.17) is 14.2 Å². The zero-order valence-corrected chi connectivity index (χ0v) is 19.9. The molecule has 1 fully saturated rings. The summed E-state index contributed by atoms with van der Waals surface area (Å²) in [4.78, 5) is 30.2. The first-order valence-corrected chi connectivity index (χ1v) is 11.7. The van der Waals surface area contributed by atoms with Crippen LogP contribution in [0.25, 0.3) is 21.8 Å². The van der Waals surface area contributed by atoms with Gasteiger partial charge in [-0.05, 0) is 18.2 Å². The normalized spacial score (nSPS) is 14.2. The molecule has 1 saturated heterocycles. The van der Waals surface area contributed by atoms with Gasteiger partial charge < -0.3 is 18.8 Å². The molecule has 0 unspecified atom stereocenters. The first kappa shape index (κ1) is 23.7. The Bertz CT molecular complexity index is 1430. The number of rotatable bonds is 8. The third-order valence-corrected chi connectivity index (χ3v) is 6.42. The van der Waals surface area contributed by atoms with Crippen LogP contribution in [-0.4, -0.2) is 71.9 Å². The van der Waals surface area contributed by atoms with Crippen molar-refractivity contribution in [3.05, 3.63) is 76.1 Å². The monoisotopic (exact) mass is 490 g/mol. The summed E-state index contributed by atoms with van der Waals surface area (Å²) in [5.74, 6) is 0.0855. The fourth-order valence-electron chi connectivity index (χ4n) is 4.57. The second kappa shape index (κ2) is 10.3. The summed E-state index contributed by atoms with van der Waals surface area (Å²) in [6.07, 6.45) is 1.65. The van der Waals surface area contributed by atoms with Crippen LogP contribution in [0.1, 0.15) is 16.1 Å². The summed E-state index contributed by atoms with van der Waals surface area (Å²) in [5, 5.41) is 13.1. The van der Waals surface area contributed by atoms with E-state index in [1.165, 1.54) is 19.2 Å². The molecule has 1 aliphatic rings. The lowest BCUT2D eigenvalue weighted by molar-refractivity contribution is -0.384. The molecule has 10 nitrogen and oxygen atoms in total. The molecule has 0 radical (unpaired) electrons. The number of pyridine rings is 1. The molecule has 0 amide bonds. The summed E-state index contributed by atoms with van der Waals surface area (Å²) in [7, 11) is 1.54. The number of hydrogen-bond acceptors (Lipinski definition) is 8. The highest BCUT2D eigenvalue weighted by molar-refractivity contribution is 6.09. The number of carbonyl (C=O) groups excluding carboxylic acids is 1. The molecular weight excluding hydrogens is 464 g/mol.